The van der Waals surface area contributed by atoms with Gasteiger partial charge in [-0.2, -0.15) is 4.98 Å². The van der Waals surface area contributed by atoms with Gasteiger partial charge in [-0.05, 0) is 24.6 Å². The summed E-state index contributed by atoms with van der Waals surface area (Å²) in [6.07, 6.45) is 0. The number of nitrogens with zero attached hydrogens (tertiary/aromatic N) is 2. The van der Waals surface area contributed by atoms with E-state index in [4.69, 9.17) is 4.52 Å². The normalized spacial score (nSPS) is 10.8. The number of para-hydroxylation sites is 1. The molecule has 6 heteroatoms. The zero-order chi connectivity index (χ0) is 19.2. The average molecular weight is 364 g/mol. The van der Waals surface area contributed by atoms with Crippen LogP contribution in [0, 0.1) is 6.92 Å². The van der Waals surface area contributed by atoms with Gasteiger partial charge in [0.1, 0.15) is 0 Å². The maximum Gasteiger partial charge on any atom is 0.253 e. The summed E-state index contributed by atoms with van der Waals surface area (Å²) >= 11 is 0. The van der Waals surface area contributed by atoms with Gasteiger partial charge in [0.05, 0.1) is 12.1 Å². The number of carbonyl (C=O) groups is 1. The van der Waals surface area contributed by atoms with Crippen LogP contribution >= 0.6 is 0 Å². The number of carbonyl (C=O) groups excluding carboxylic acids is 1. The number of anilines is 1. The quantitative estimate of drug-likeness (QED) is 0.661. The first-order chi connectivity index (χ1) is 13.0. The van der Waals surface area contributed by atoms with Crippen molar-refractivity contribution in [2.75, 3.05) is 5.32 Å². The summed E-state index contributed by atoms with van der Waals surface area (Å²) in [5.74, 6) is 1.25. The Morgan fingerprint density at radius 1 is 1.07 bits per heavy atom. The molecular weight excluding hydrogens is 340 g/mol. The van der Waals surface area contributed by atoms with Gasteiger partial charge in [0.2, 0.25) is 5.89 Å². The van der Waals surface area contributed by atoms with E-state index in [-0.39, 0.29) is 11.8 Å². The van der Waals surface area contributed by atoms with E-state index in [1.807, 2.05) is 63.2 Å². The minimum Gasteiger partial charge on any atom is -0.375 e. The second-order valence-corrected chi connectivity index (χ2v) is 6.77. The highest BCUT2D eigenvalue weighted by Crippen LogP contribution is 2.17. The predicted molar refractivity (Wildman–Crippen MR) is 105 cm³/mol. The standard InChI is InChI=1S/C21H24N4O2/c1-14(2)20-24-19(27-25-20)13-22-18-7-5-4-6-17(18)21(26)23-12-16-10-8-15(3)9-11-16/h4-11,14,22H,12-13H2,1-3H3,(H,23,26). The first kappa shape index (κ1) is 18.6. The number of rotatable bonds is 7. The van der Waals surface area contributed by atoms with Crippen LogP contribution in [0.25, 0.3) is 0 Å². The number of aromatic nitrogens is 2. The summed E-state index contributed by atoms with van der Waals surface area (Å²) in [5.41, 5.74) is 3.56. The van der Waals surface area contributed by atoms with E-state index in [9.17, 15) is 4.79 Å². The number of aryl methyl sites for hydroxylation is 1. The molecule has 0 aliphatic heterocycles. The van der Waals surface area contributed by atoms with Gasteiger partial charge in [0, 0.05) is 18.2 Å². The Balaban J connectivity index is 1.63. The lowest BCUT2D eigenvalue weighted by molar-refractivity contribution is 0.0951. The van der Waals surface area contributed by atoms with Gasteiger partial charge in [-0.3, -0.25) is 4.79 Å². The molecule has 0 saturated carbocycles. The molecule has 0 unspecified atom stereocenters. The van der Waals surface area contributed by atoms with Gasteiger partial charge in [-0.25, -0.2) is 0 Å². The molecule has 1 aromatic heterocycles. The van der Waals surface area contributed by atoms with Crippen molar-refractivity contribution in [2.24, 2.45) is 0 Å². The Hall–Kier alpha value is -3.15. The number of hydrogen-bond donors (Lipinski definition) is 2. The first-order valence-electron chi connectivity index (χ1n) is 9.02. The summed E-state index contributed by atoms with van der Waals surface area (Å²) in [5, 5.41) is 10.1. The Labute approximate surface area is 159 Å². The fourth-order valence-corrected chi connectivity index (χ4v) is 2.56. The third-order valence-electron chi connectivity index (χ3n) is 4.18. The Morgan fingerprint density at radius 2 is 1.81 bits per heavy atom. The highest BCUT2D eigenvalue weighted by atomic mass is 16.5. The van der Waals surface area contributed by atoms with Crippen molar-refractivity contribution in [1.82, 2.24) is 15.5 Å². The summed E-state index contributed by atoms with van der Waals surface area (Å²) in [6.45, 7) is 6.90. The van der Waals surface area contributed by atoms with Crippen molar-refractivity contribution in [3.8, 4) is 0 Å². The van der Waals surface area contributed by atoms with Crippen LogP contribution < -0.4 is 10.6 Å². The lowest BCUT2D eigenvalue weighted by Gasteiger charge is -2.11. The number of amides is 1. The largest absolute Gasteiger partial charge is 0.375 e. The van der Waals surface area contributed by atoms with E-state index in [1.54, 1.807) is 6.07 Å². The minimum absolute atomic E-state index is 0.132. The van der Waals surface area contributed by atoms with E-state index in [0.717, 1.165) is 11.3 Å². The zero-order valence-electron chi connectivity index (χ0n) is 15.8. The maximum absolute atomic E-state index is 12.6. The molecule has 3 aromatic rings. The molecule has 1 amide bonds. The lowest BCUT2D eigenvalue weighted by Crippen LogP contribution is -2.24. The van der Waals surface area contributed by atoms with Crippen molar-refractivity contribution in [3.05, 3.63) is 76.9 Å². The third-order valence-corrected chi connectivity index (χ3v) is 4.18. The molecule has 27 heavy (non-hydrogen) atoms. The van der Waals surface area contributed by atoms with Crippen molar-refractivity contribution in [3.63, 3.8) is 0 Å². The number of benzene rings is 2. The maximum atomic E-state index is 12.6. The molecule has 0 fully saturated rings. The summed E-state index contributed by atoms with van der Waals surface area (Å²) < 4.78 is 5.24. The molecule has 140 valence electrons. The molecule has 6 nitrogen and oxygen atoms in total. The number of hydrogen-bond acceptors (Lipinski definition) is 5. The average Bonchev–Trinajstić information content (AvgIpc) is 3.15. The Bertz CT molecular complexity index is 901. The van der Waals surface area contributed by atoms with E-state index >= 15 is 0 Å². The lowest BCUT2D eigenvalue weighted by atomic mass is 10.1. The molecule has 3 rings (SSSR count). The van der Waals surface area contributed by atoms with E-state index in [0.29, 0.717) is 30.4 Å². The molecule has 0 saturated heterocycles. The summed E-state index contributed by atoms with van der Waals surface area (Å²) in [6, 6.07) is 15.5. The number of nitrogens with one attached hydrogen (secondary N) is 2. The summed E-state index contributed by atoms with van der Waals surface area (Å²) in [7, 11) is 0. The smallest absolute Gasteiger partial charge is 0.253 e. The highest BCUT2D eigenvalue weighted by Gasteiger charge is 2.13. The van der Waals surface area contributed by atoms with Crippen molar-refractivity contribution in [2.45, 2.75) is 39.8 Å². The second-order valence-electron chi connectivity index (χ2n) is 6.77. The Kier molecular flexibility index (Phi) is 5.86. The van der Waals surface area contributed by atoms with E-state index in [2.05, 4.69) is 20.8 Å². The topological polar surface area (TPSA) is 80.0 Å². The molecule has 0 aliphatic carbocycles. The predicted octanol–water partition coefficient (Wildman–Crippen LogP) is 4.04. The Morgan fingerprint density at radius 3 is 2.52 bits per heavy atom. The third kappa shape index (κ3) is 4.94. The first-order valence-corrected chi connectivity index (χ1v) is 9.02. The van der Waals surface area contributed by atoms with Crippen LogP contribution in [-0.2, 0) is 13.1 Å². The van der Waals surface area contributed by atoms with E-state index in [1.165, 1.54) is 5.56 Å². The van der Waals surface area contributed by atoms with Gasteiger partial charge in [0.15, 0.2) is 5.82 Å². The SMILES string of the molecule is Cc1ccc(CNC(=O)c2ccccc2NCc2nc(C(C)C)no2)cc1. The van der Waals surface area contributed by atoms with Crippen LogP contribution in [0.1, 0.15) is 53.0 Å². The van der Waals surface area contributed by atoms with Crippen LogP contribution in [0.3, 0.4) is 0 Å². The van der Waals surface area contributed by atoms with Gasteiger partial charge in [-0.15, -0.1) is 0 Å². The second kappa shape index (κ2) is 8.49. The molecule has 0 aliphatic rings. The van der Waals surface area contributed by atoms with Crippen LogP contribution in [0.15, 0.2) is 53.1 Å². The highest BCUT2D eigenvalue weighted by molar-refractivity contribution is 5.99. The van der Waals surface area contributed by atoms with Gasteiger partial charge in [0.25, 0.3) is 5.91 Å². The van der Waals surface area contributed by atoms with Crippen LogP contribution in [-0.4, -0.2) is 16.0 Å². The zero-order valence-corrected chi connectivity index (χ0v) is 15.8. The molecule has 2 aromatic carbocycles. The van der Waals surface area contributed by atoms with Crippen LogP contribution in [0.4, 0.5) is 5.69 Å². The summed E-state index contributed by atoms with van der Waals surface area (Å²) in [4.78, 5) is 16.9. The van der Waals surface area contributed by atoms with Gasteiger partial charge < -0.3 is 15.2 Å². The fraction of sp³-hybridized carbons (Fsp3) is 0.286. The molecule has 0 spiro atoms. The van der Waals surface area contributed by atoms with Crippen molar-refractivity contribution >= 4 is 11.6 Å². The monoisotopic (exact) mass is 364 g/mol. The molecule has 0 bridgehead atoms. The fourth-order valence-electron chi connectivity index (χ4n) is 2.56. The molecule has 2 N–H and O–H groups in total. The molecule has 1 heterocycles. The van der Waals surface area contributed by atoms with Crippen LogP contribution in [0.2, 0.25) is 0 Å². The molecule has 0 radical (unpaired) electrons. The van der Waals surface area contributed by atoms with Crippen LogP contribution in [0.5, 0.6) is 0 Å². The van der Waals surface area contributed by atoms with Crippen molar-refractivity contribution in [1.29, 1.82) is 0 Å². The molecule has 0 atom stereocenters. The molecular formula is C21H24N4O2. The van der Waals surface area contributed by atoms with Crippen molar-refractivity contribution < 1.29 is 9.32 Å². The van der Waals surface area contributed by atoms with E-state index < -0.39 is 0 Å². The van der Waals surface area contributed by atoms with Gasteiger partial charge in [-0.1, -0.05) is 61.0 Å². The van der Waals surface area contributed by atoms with Gasteiger partial charge >= 0.3 is 0 Å². The minimum atomic E-state index is -0.132.